The lowest BCUT2D eigenvalue weighted by Crippen LogP contribution is -2.17. The molecule has 0 amide bonds. The van der Waals surface area contributed by atoms with Gasteiger partial charge in [0.05, 0.1) is 5.56 Å². The van der Waals surface area contributed by atoms with Crippen LogP contribution in [-0.2, 0) is 6.18 Å². The Balaban J connectivity index is 1.97. The standard InChI is InChI=1S/C13H17F3N2/c1-9-3-2-4-10(9)8-18-12-7-11(5-6-17-12)13(14,15)16/h5-7,9-10H,2-4,8H2,1H3,(H,17,18). The van der Waals surface area contributed by atoms with Crippen LogP contribution in [0.3, 0.4) is 0 Å². The summed E-state index contributed by atoms with van der Waals surface area (Å²) >= 11 is 0. The van der Waals surface area contributed by atoms with E-state index in [1.807, 2.05) is 0 Å². The summed E-state index contributed by atoms with van der Waals surface area (Å²) in [6.07, 6.45) is 0.461. The highest BCUT2D eigenvalue weighted by Gasteiger charge is 2.31. The van der Waals surface area contributed by atoms with Gasteiger partial charge in [0.15, 0.2) is 0 Å². The number of nitrogens with zero attached hydrogens (tertiary/aromatic N) is 1. The minimum Gasteiger partial charge on any atom is -0.370 e. The van der Waals surface area contributed by atoms with Gasteiger partial charge in [0.1, 0.15) is 5.82 Å². The van der Waals surface area contributed by atoms with Gasteiger partial charge in [-0.2, -0.15) is 13.2 Å². The summed E-state index contributed by atoms with van der Waals surface area (Å²) in [7, 11) is 0. The largest absolute Gasteiger partial charge is 0.416 e. The molecule has 0 saturated heterocycles. The second kappa shape index (κ2) is 5.16. The molecule has 0 spiro atoms. The fraction of sp³-hybridized carbons (Fsp3) is 0.615. The average Bonchev–Trinajstić information content (AvgIpc) is 2.72. The van der Waals surface area contributed by atoms with Gasteiger partial charge in [0, 0.05) is 12.7 Å². The van der Waals surface area contributed by atoms with E-state index >= 15 is 0 Å². The van der Waals surface area contributed by atoms with Gasteiger partial charge in [-0.25, -0.2) is 4.98 Å². The van der Waals surface area contributed by atoms with Gasteiger partial charge in [0.2, 0.25) is 0 Å². The Hall–Kier alpha value is -1.26. The smallest absolute Gasteiger partial charge is 0.370 e. The van der Waals surface area contributed by atoms with Crippen LogP contribution < -0.4 is 5.32 Å². The van der Waals surface area contributed by atoms with Crippen molar-refractivity contribution in [3.05, 3.63) is 23.9 Å². The summed E-state index contributed by atoms with van der Waals surface area (Å²) in [6.45, 7) is 2.90. The van der Waals surface area contributed by atoms with E-state index < -0.39 is 11.7 Å². The summed E-state index contributed by atoms with van der Waals surface area (Å²) in [5.74, 6) is 1.49. The first-order valence-electron chi connectivity index (χ1n) is 6.24. The first kappa shape index (κ1) is 13.2. The van der Waals surface area contributed by atoms with Gasteiger partial charge < -0.3 is 5.32 Å². The predicted octanol–water partition coefficient (Wildman–Crippen LogP) is 3.95. The van der Waals surface area contributed by atoms with Gasteiger partial charge >= 0.3 is 6.18 Å². The van der Waals surface area contributed by atoms with Crippen molar-refractivity contribution >= 4 is 5.82 Å². The van der Waals surface area contributed by atoms with Crippen molar-refractivity contribution in [1.29, 1.82) is 0 Å². The second-order valence-electron chi connectivity index (χ2n) is 4.98. The zero-order chi connectivity index (χ0) is 13.2. The molecule has 2 nitrogen and oxygen atoms in total. The van der Waals surface area contributed by atoms with Gasteiger partial charge in [-0.05, 0) is 30.4 Å². The highest BCUT2D eigenvalue weighted by Crippen LogP contribution is 2.32. The van der Waals surface area contributed by atoms with Crippen LogP contribution in [0.5, 0.6) is 0 Å². The maximum absolute atomic E-state index is 12.5. The Kier molecular flexibility index (Phi) is 3.78. The highest BCUT2D eigenvalue weighted by molar-refractivity contribution is 5.38. The molecule has 2 unspecified atom stereocenters. The molecule has 0 radical (unpaired) electrons. The molecular formula is C13H17F3N2. The molecule has 100 valence electrons. The number of anilines is 1. The number of halogens is 3. The third-order valence-corrected chi connectivity index (χ3v) is 3.67. The Morgan fingerprint density at radius 3 is 2.78 bits per heavy atom. The zero-order valence-electron chi connectivity index (χ0n) is 10.3. The van der Waals surface area contributed by atoms with E-state index in [4.69, 9.17) is 0 Å². The normalized spacial score (nSPS) is 24.2. The summed E-state index contributed by atoms with van der Waals surface area (Å²) in [5.41, 5.74) is -0.653. The topological polar surface area (TPSA) is 24.9 Å². The predicted molar refractivity (Wildman–Crippen MR) is 64.2 cm³/mol. The van der Waals surface area contributed by atoms with E-state index in [-0.39, 0.29) is 0 Å². The Morgan fingerprint density at radius 2 is 2.17 bits per heavy atom. The van der Waals surface area contributed by atoms with Crippen LogP contribution in [0.15, 0.2) is 18.3 Å². The van der Waals surface area contributed by atoms with Crippen LogP contribution in [0.4, 0.5) is 19.0 Å². The molecule has 2 atom stereocenters. The fourth-order valence-electron chi connectivity index (χ4n) is 2.46. The second-order valence-corrected chi connectivity index (χ2v) is 4.98. The average molecular weight is 258 g/mol. The SMILES string of the molecule is CC1CCCC1CNc1cc(C(F)(F)F)ccn1. The molecule has 1 aromatic heterocycles. The van der Waals surface area contributed by atoms with Crippen LogP contribution in [0.2, 0.25) is 0 Å². The molecule has 2 rings (SSSR count). The molecule has 0 aromatic carbocycles. The zero-order valence-corrected chi connectivity index (χ0v) is 10.3. The molecule has 1 saturated carbocycles. The van der Waals surface area contributed by atoms with E-state index in [1.165, 1.54) is 19.0 Å². The van der Waals surface area contributed by atoms with E-state index in [0.717, 1.165) is 18.6 Å². The quantitative estimate of drug-likeness (QED) is 0.888. The first-order valence-corrected chi connectivity index (χ1v) is 6.24. The lowest BCUT2D eigenvalue weighted by atomic mass is 9.98. The van der Waals surface area contributed by atoms with Crippen LogP contribution in [0.25, 0.3) is 0 Å². The first-order chi connectivity index (χ1) is 8.47. The van der Waals surface area contributed by atoms with Crippen molar-refractivity contribution in [2.75, 3.05) is 11.9 Å². The molecule has 0 aliphatic heterocycles. The van der Waals surface area contributed by atoms with Crippen molar-refractivity contribution in [2.45, 2.75) is 32.4 Å². The van der Waals surface area contributed by atoms with Gasteiger partial charge in [-0.3, -0.25) is 0 Å². The van der Waals surface area contributed by atoms with Crippen LogP contribution in [0.1, 0.15) is 31.7 Å². The molecule has 1 aromatic rings. The van der Waals surface area contributed by atoms with Gasteiger partial charge in [-0.1, -0.05) is 19.8 Å². The van der Waals surface area contributed by atoms with Crippen molar-refractivity contribution in [3.8, 4) is 0 Å². The number of hydrogen-bond acceptors (Lipinski definition) is 2. The summed E-state index contributed by atoms with van der Waals surface area (Å²) < 4.78 is 37.5. The monoisotopic (exact) mass is 258 g/mol. The summed E-state index contributed by atoms with van der Waals surface area (Å²) in [4.78, 5) is 3.93. The number of pyridine rings is 1. The minimum atomic E-state index is -4.31. The molecule has 1 N–H and O–H groups in total. The molecule has 5 heteroatoms. The van der Waals surface area contributed by atoms with Crippen molar-refractivity contribution in [2.24, 2.45) is 11.8 Å². The lowest BCUT2D eigenvalue weighted by Gasteiger charge is -2.16. The molecule has 1 aliphatic rings. The lowest BCUT2D eigenvalue weighted by molar-refractivity contribution is -0.137. The maximum atomic E-state index is 12.5. The molecule has 1 fully saturated rings. The van der Waals surface area contributed by atoms with E-state index in [0.29, 0.717) is 24.2 Å². The van der Waals surface area contributed by atoms with E-state index in [2.05, 4.69) is 17.2 Å². The third kappa shape index (κ3) is 3.15. The van der Waals surface area contributed by atoms with Gasteiger partial charge in [-0.15, -0.1) is 0 Å². The minimum absolute atomic E-state index is 0.309. The van der Waals surface area contributed by atoms with E-state index in [1.54, 1.807) is 0 Å². The Labute approximate surface area is 105 Å². The Bertz CT molecular complexity index is 403. The molecule has 0 bridgehead atoms. The number of alkyl halides is 3. The molecule has 1 heterocycles. The Morgan fingerprint density at radius 1 is 1.39 bits per heavy atom. The number of rotatable bonds is 3. The number of aromatic nitrogens is 1. The number of nitrogens with one attached hydrogen (secondary N) is 1. The van der Waals surface area contributed by atoms with Gasteiger partial charge in [0.25, 0.3) is 0 Å². The molecule has 18 heavy (non-hydrogen) atoms. The molecular weight excluding hydrogens is 241 g/mol. The van der Waals surface area contributed by atoms with Crippen molar-refractivity contribution in [3.63, 3.8) is 0 Å². The number of hydrogen-bond donors (Lipinski definition) is 1. The maximum Gasteiger partial charge on any atom is 0.416 e. The van der Waals surface area contributed by atoms with E-state index in [9.17, 15) is 13.2 Å². The van der Waals surface area contributed by atoms with Crippen LogP contribution in [0, 0.1) is 11.8 Å². The van der Waals surface area contributed by atoms with Crippen molar-refractivity contribution in [1.82, 2.24) is 4.98 Å². The molecule has 1 aliphatic carbocycles. The van der Waals surface area contributed by atoms with Crippen molar-refractivity contribution < 1.29 is 13.2 Å². The van der Waals surface area contributed by atoms with Crippen LogP contribution >= 0.6 is 0 Å². The van der Waals surface area contributed by atoms with Crippen LogP contribution in [-0.4, -0.2) is 11.5 Å². The third-order valence-electron chi connectivity index (χ3n) is 3.67. The highest BCUT2D eigenvalue weighted by atomic mass is 19.4. The summed E-state index contributed by atoms with van der Waals surface area (Å²) in [5, 5.41) is 3.02. The fourth-order valence-corrected chi connectivity index (χ4v) is 2.46. The summed E-state index contributed by atoms with van der Waals surface area (Å²) in [6, 6.07) is 2.06.